The van der Waals surface area contributed by atoms with Gasteiger partial charge >= 0.3 is 0 Å². The lowest BCUT2D eigenvalue weighted by Gasteiger charge is -2.43. The van der Waals surface area contributed by atoms with Crippen molar-refractivity contribution in [3.63, 3.8) is 0 Å². The second-order valence-corrected chi connectivity index (χ2v) is 5.90. The van der Waals surface area contributed by atoms with E-state index in [-0.39, 0.29) is 11.7 Å². The monoisotopic (exact) mass is 233 g/mol. The molecule has 0 amide bonds. The molecule has 0 spiro atoms. The Morgan fingerprint density at radius 1 is 1.60 bits per heavy atom. The van der Waals surface area contributed by atoms with Gasteiger partial charge < -0.3 is 15.6 Å². The Labute approximate surface area is 96.8 Å². The van der Waals surface area contributed by atoms with Crippen LogP contribution in [0.2, 0.25) is 0 Å². The SMILES string of the molecule is CC(O)C(C)OC1(CN)CCCSC1C. The van der Waals surface area contributed by atoms with Crippen LogP contribution in [0.25, 0.3) is 0 Å². The Morgan fingerprint density at radius 2 is 2.27 bits per heavy atom. The van der Waals surface area contributed by atoms with Crippen LogP contribution in [-0.4, -0.2) is 40.5 Å². The fourth-order valence-corrected chi connectivity index (χ4v) is 3.16. The average molecular weight is 233 g/mol. The first-order valence-electron chi connectivity index (χ1n) is 5.69. The van der Waals surface area contributed by atoms with Crippen LogP contribution in [0.3, 0.4) is 0 Å². The quantitative estimate of drug-likeness (QED) is 0.770. The molecular weight excluding hydrogens is 210 g/mol. The molecule has 1 fully saturated rings. The molecule has 0 aromatic rings. The van der Waals surface area contributed by atoms with E-state index in [1.807, 2.05) is 18.7 Å². The number of nitrogens with two attached hydrogens (primary N) is 1. The Bertz CT molecular complexity index is 201. The van der Waals surface area contributed by atoms with Gasteiger partial charge in [-0.15, -0.1) is 0 Å². The standard InChI is InChI=1S/C11H23NO2S/c1-8(13)9(2)14-11(7-12)5-4-6-15-10(11)3/h8-10,13H,4-7,12H2,1-3H3. The highest BCUT2D eigenvalue weighted by atomic mass is 32.2. The van der Waals surface area contributed by atoms with Gasteiger partial charge in [0.15, 0.2) is 0 Å². The Morgan fingerprint density at radius 3 is 2.73 bits per heavy atom. The molecule has 1 aliphatic heterocycles. The van der Waals surface area contributed by atoms with Crippen molar-refractivity contribution in [3.05, 3.63) is 0 Å². The fraction of sp³-hybridized carbons (Fsp3) is 1.00. The summed E-state index contributed by atoms with van der Waals surface area (Å²) in [6.07, 6.45) is 1.58. The summed E-state index contributed by atoms with van der Waals surface area (Å²) in [6.45, 7) is 6.38. The van der Waals surface area contributed by atoms with E-state index in [2.05, 4.69) is 6.92 Å². The summed E-state index contributed by atoms with van der Waals surface area (Å²) in [7, 11) is 0. The minimum atomic E-state index is -0.437. The lowest BCUT2D eigenvalue weighted by atomic mass is 9.93. The predicted octanol–water partition coefficient (Wildman–Crippen LogP) is 1.39. The topological polar surface area (TPSA) is 55.5 Å². The van der Waals surface area contributed by atoms with Crippen LogP contribution in [0, 0.1) is 0 Å². The van der Waals surface area contributed by atoms with Gasteiger partial charge in [-0.2, -0.15) is 11.8 Å². The molecule has 90 valence electrons. The van der Waals surface area contributed by atoms with Gasteiger partial charge in [-0.05, 0) is 32.4 Å². The molecule has 3 N–H and O–H groups in total. The highest BCUT2D eigenvalue weighted by molar-refractivity contribution is 8.00. The number of thioether (sulfide) groups is 1. The number of hydrogen-bond donors (Lipinski definition) is 2. The van der Waals surface area contributed by atoms with Crippen molar-refractivity contribution in [2.75, 3.05) is 12.3 Å². The van der Waals surface area contributed by atoms with Crippen LogP contribution >= 0.6 is 11.8 Å². The molecule has 4 unspecified atom stereocenters. The normalized spacial score (nSPS) is 36.2. The third-order valence-corrected chi connectivity index (χ3v) is 4.75. The van der Waals surface area contributed by atoms with Crippen molar-refractivity contribution in [1.29, 1.82) is 0 Å². The first-order valence-corrected chi connectivity index (χ1v) is 6.74. The average Bonchev–Trinajstić information content (AvgIpc) is 2.21. The first kappa shape index (κ1) is 13.3. The van der Waals surface area contributed by atoms with Gasteiger partial charge in [0.2, 0.25) is 0 Å². The van der Waals surface area contributed by atoms with Gasteiger partial charge in [-0.3, -0.25) is 0 Å². The van der Waals surface area contributed by atoms with Gasteiger partial charge in [0, 0.05) is 11.8 Å². The zero-order valence-electron chi connectivity index (χ0n) is 9.90. The zero-order valence-corrected chi connectivity index (χ0v) is 10.7. The predicted molar refractivity (Wildman–Crippen MR) is 65.2 cm³/mol. The van der Waals surface area contributed by atoms with Gasteiger partial charge in [-0.1, -0.05) is 6.92 Å². The largest absolute Gasteiger partial charge is 0.391 e. The van der Waals surface area contributed by atoms with E-state index in [4.69, 9.17) is 10.5 Å². The summed E-state index contributed by atoms with van der Waals surface area (Å²) in [5, 5.41) is 9.89. The molecule has 0 aromatic carbocycles. The minimum absolute atomic E-state index is 0.144. The molecule has 0 aromatic heterocycles. The maximum Gasteiger partial charge on any atom is 0.0924 e. The molecule has 1 saturated heterocycles. The number of aliphatic hydroxyl groups excluding tert-OH is 1. The zero-order chi connectivity index (χ0) is 11.5. The molecule has 0 aliphatic carbocycles. The van der Waals surface area contributed by atoms with Gasteiger partial charge in [0.25, 0.3) is 0 Å². The summed E-state index contributed by atoms with van der Waals surface area (Å²) in [4.78, 5) is 0. The molecule has 0 saturated carbocycles. The third kappa shape index (κ3) is 3.09. The van der Waals surface area contributed by atoms with Crippen molar-refractivity contribution >= 4 is 11.8 Å². The second-order valence-electron chi connectivity index (χ2n) is 4.45. The summed E-state index contributed by atoms with van der Waals surface area (Å²) >= 11 is 1.92. The molecule has 4 atom stereocenters. The molecule has 4 heteroatoms. The molecular formula is C11H23NO2S. The van der Waals surface area contributed by atoms with E-state index < -0.39 is 6.10 Å². The van der Waals surface area contributed by atoms with Gasteiger partial charge in [0.05, 0.1) is 17.8 Å². The minimum Gasteiger partial charge on any atom is -0.391 e. The molecule has 15 heavy (non-hydrogen) atoms. The summed E-state index contributed by atoms with van der Waals surface area (Å²) in [5.74, 6) is 1.19. The number of rotatable bonds is 4. The Hall–Kier alpha value is 0.230. The lowest BCUT2D eigenvalue weighted by Crippen LogP contribution is -2.53. The fourth-order valence-electron chi connectivity index (χ4n) is 1.93. The van der Waals surface area contributed by atoms with E-state index in [9.17, 15) is 5.11 Å². The summed E-state index contributed by atoms with van der Waals surface area (Å²) in [6, 6.07) is 0. The first-order chi connectivity index (χ1) is 7.02. The van der Waals surface area contributed by atoms with Crippen LogP contribution in [0.4, 0.5) is 0 Å². The van der Waals surface area contributed by atoms with Crippen molar-refractivity contribution in [2.45, 2.75) is 56.7 Å². The van der Waals surface area contributed by atoms with Crippen molar-refractivity contribution in [3.8, 4) is 0 Å². The highest BCUT2D eigenvalue weighted by Crippen LogP contribution is 2.37. The molecule has 0 radical (unpaired) electrons. The van der Waals surface area contributed by atoms with Crippen LogP contribution in [0.1, 0.15) is 33.6 Å². The van der Waals surface area contributed by atoms with E-state index in [1.165, 1.54) is 5.75 Å². The van der Waals surface area contributed by atoms with E-state index in [0.29, 0.717) is 11.8 Å². The lowest BCUT2D eigenvalue weighted by molar-refractivity contribution is -0.123. The van der Waals surface area contributed by atoms with E-state index >= 15 is 0 Å². The second kappa shape index (κ2) is 5.53. The molecule has 1 aliphatic rings. The van der Waals surface area contributed by atoms with Crippen molar-refractivity contribution in [1.82, 2.24) is 0 Å². The smallest absolute Gasteiger partial charge is 0.0924 e. The maximum absolute atomic E-state index is 9.48. The summed E-state index contributed by atoms with van der Waals surface area (Å²) < 4.78 is 6.01. The number of hydrogen-bond acceptors (Lipinski definition) is 4. The molecule has 1 heterocycles. The Kier molecular flexibility index (Phi) is 4.90. The van der Waals surface area contributed by atoms with Crippen LogP contribution in [-0.2, 0) is 4.74 Å². The third-order valence-electron chi connectivity index (χ3n) is 3.30. The molecule has 0 bridgehead atoms. The van der Waals surface area contributed by atoms with Crippen LogP contribution < -0.4 is 5.73 Å². The van der Waals surface area contributed by atoms with Crippen molar-refractivity contribution in [2.24, 2.45) is 5.73 Å². The molecule has 3 nitrogen and oxygen atoms in total. The van der Waals surface area contributed by atoms with Crippen molar-refractivity contribution < 1.29 is 9.84 Å². The van der Waals surface area contributed by atoms with Crippen LogP contribution in [0.5, 0.6) is 0 Å². The maximum atomic E-state index is 9.48. The van der Waals surface area contributed by atoms with Gasteiger partial charge in [-0.25, -0.2) is 0 Å². The molecule has 1 rings (SSSR count). The van der Waals surface area contributed by atoms with E-state index in [1.54, 1.807) is 6.92 Å². The van der Waals surface area contributed by atoms with Gasteiger partial charge in [0.1, 0.15) is 0 Å². The summed E-state index contributed by atoms with van der Waals surface area (Å²) in [5.41, 5.74) is 5.62. The van der Waals surface area contributed by atoms with E-state index in [0.717, 1.165) is 12.8 Å². The number of aliphatic hydroxyl groups is 1. The Balaban J connectivity index is 2.66. The van der Waals surface area contributed by atoms with Crippen LogP contribution in [0.15, 0.2) is 0 Å². The number of ether oxygens (including phenoxy) is 1. The highest BCUT2D eigenvalue weighted by Gasteiger charge is 2.40.